The molecule has 4 aromatic rings. The molecule has 2 heterocycles. The van der Waals surface area contributed by atoms with E-state index in [-0.39, 0.29) is 0 Å². The monoisotopic (exact) mass is 466 g/mol. The summed E-state index contributed by atoms with van der Waals surface area (Å²) in [7, 11) is 4.04. The van der Waals surface area contributed by atoms with Crippen molar-refractivity contribution in [3.05, 3.63) is 88.0 Å². The molecule has 0 fully saturated rings. The molecule has 166 valence electrons. The molecule has 0 radical (unpaired) electrons. The smallest absolute Gasteiger partial charge is 0.196 e. The lowest BCUT2D eigenvalue weighted by molar-refractivity contribution is 0.307. The van der Waals surface area contributed by atoms with Crippen LogP contribution in [-0.2, 0) is 25.9 Å². The molecule has 0 spiro atoms. The number of aromatic nitrogens is 5. The molecule has 4 rings (SSSR count). The molecular weight excluding hydrogens is 440 g/mol. The SMILES string of the molecule is Cc1ccccc1CSc1nnc(CN(C)Cc2cn(C)nc2C)n1-c1cccc(Cl)c1. The van der Waals surface area contributed by atoms with Crippen molar-refractivity contribution in [2.24, 2.45) is 7.05 Å². The van der Waals surface area contributed by atoms with Crippen molar-refractivity contribution in [1.29, 1.82) is 0 Å². The van der Waals surface area contributed by atoms with Crippen LogP contribution in [-0.4, -0.2) is 36.5 Å². The molecule has 0 saturated heterocycles. The van der Waals surface area contributed by atoms with Crippen molar-refractivity contribution in [1.82, 2.24) is 29.4 Å². The van der Waals surface area contributed by atoms with Crippen molar-refractivity contribution in [3.8, 4) is 5.69 Å². The predicted octanol–water partition coefficient (Wildman–Crippen LogP) is 5.20. The Kier molecular flexibility index (Phi) is 6.98. The summed E-state index contributed by atoms with van der Waals surface area (Å²) >= 11 is 8.00. The van der Waals surface area contributed by atoms with E-state index in [1.807, 2.05) is 42.9 Å². The number of halogens is 1. The van der Waals surface area contributed by atoms with E-state index >= 15 is 0 Å². The van der Waals surface area contributed by atoms with Crippen LogP contribution >= 0.6 is 23.4 Å². The zero-order chi connectivity index (χ0) is 22.7. The highest BCUT2D eigenvalue weighted by atomic mass is 35.5. The van der Waals surface area contributed by atoms with E-state index in [1.165, 1.54) is 16.7 Å². The normalized spacial score (nSPS) is 11.4. The quantitative estimate of drug-likeness (QED) is 0.334. The third-order valence-electron chi connectivity index (χ3n) is 5.35. The van der Waals surface area contributed by atoms with Gasteiger partial charge in [0.2, 0.25) is 0 Å². The van der Waals surface area contributed by atoms with E-state index in [4.69, 9.17) is 11.6 Å². The lowest BCUT2D eigenvalue weighted by Crippen LogP contribution is -2.20. The summed E-state index contributed by atoms with van der Waals surface area (Å²) in [4.78, 5) is 2.23. The largest absolute Gasteiger partial charge is 0.295 e. The Bertz CT molecular complexity index is 1210. The standard InChI is InChI=1S/C24H27ClN6S/c1-17-8-5-6-9-19(17)16-32-24-27-26-23(31(24)22-11-7-10-21(25)12-22)15-29(3)13-20-14-30(4)28-18(20)2/h5-12,14H,13,15-16H2,1-4H3. The van der Waals surface area contributed by atoms with Crippen molar-refractivity contribution in [3.63, 3.8) is 0 Å². The van der Waals surface area contributed by atoms with Gasteiger partial charge in [-0.2, -0.15) is 5.10 Å². The molecule has 0 amide bonds. The molecule has 0 aliphatic heterocycles. The Morgan fingerprint density at radius 1 is 1.00 bits per heavy atom. The van der Waals surface area contributed by atoms with E-state index < -0.39 is 0 Å². The molecule has 8 heteroatoms. The maximum absolute atomic E-state index is 6.31. The van der Waals surface area contributed by atoms with Gasteiger partial charge in [0.1, 0.15) is 0 Å². The highest BCUT2D eigenvalue weighted by Crippen LogP contribution is 2.28. The van der Waals surface area contributed by atoms with E-state index in [1.54, 1.807) is 11.8 Å². The van der Waals surface area contributed by atoms with Crippen molar-refractivity contribution < 1.29 is 0 Å². The van der Waals surface area contributed by atoms with Gasteiger partial charge in [-0.3, -0.25) is 14.1 Å². The first-order chi connectivity index (χ1) is 15.4. The first kappa shape index (κ1) is 22.6. The van der Waals surface area contributed by atoms with Crippen molar-refractivity contribution >= 4 is 23.4 Å². The van der Waals surface area contributed by atoms with E-state index in [2.05, 4.69) is 69.2 Å². The van der Waals surface area contributed by atoms with Crippen molar-refractivity contribution in [2.45, 2.75) is 37.8 Å². The van der Waals surface area contributed by atoms with Gasteiger partial charge in [0.05, 0.1) is 17.9 Å². The molecule has 2 aromatic carbocycles. The fourth-order valence-electron chi connectivity index (χ4n) is 3.68. The number of rotatable bonds is 8. The molecule has 32 heavy (non-hydrogen) atoms. The number of nitrogens with zero attached hydrogens (tertiary/aromatic N) is 6. The van der Waals surface area contributed by atoms with Gasteiger partial charge in [0.15, 0.2) is 11.0 Å². The highest BCUT2D eigenvalue weighted by molar-refractivity contribution is 7.98. The Hall–Kier alpha value is -2.61. The second-order valence-corrected chi connectivity index (χ2v) is 9.39. The number of hydrogen-bond donors (Lipinski definition) is 0. The summed E-state index contributed by atoms with van der Waals surface area (Å²) in [5.41, 5.74) is 5.79. The van der Waals surface area contributed by atoms with Gasteiger partial charge in [0.25, 0.3) is 0 Å². The minimum absolute atomic E-state index is 0.652. The van der Waals surface area contributed by atoms with E-state index in [0.717, 1.165) is 34.7 Å². The lowest BCUT2D eigenvalue weighted by Gasteiger charge is -2.17. The lowest BCUT2D eigenvalue weighted by atomic mass is 10.1. The fourth-order valence-corrected chi connectivity index (χ4v) is 4.91. The van der Waals surface area contributed by atoms with Crippen LogP contribution in [0.25, 0.3) is 5.69 Å². The highest BCUT2D eigenvalue weighted by Gasteiger charge is 2.17. The second kappa shape index (κ2) is 9.90. The zero-order valence-corrected chi connectivity index (χ0v) is 20.4. The molecule has 2 aromatic heterocycles. The molecule has 6 nitrogen and oxygen atoms in total. The van der Waals surface area contributed by atoms with Gasteiger partial charge >= 0.3 is 0 Å². The Balaban J connectivity index is 1.60. The van der Waals surface area contributed by atoms with Crippen LogP contribution < -0.4 is 0 Å². The molecular formula is C24H27ClN6S. The summed E-state index contributed by atoms with van der Waals surface area (Å²) in [6.45, 7) is 5.61. The van der Waals surface area contributed by atoms with Gasteiger partial charge in [0, 0.05) is 36.1 Å². The third kappa shape index (κ3) is 5.23. The number of thioether (sulfide) groups is 1. The Morgan fingerprint density at radius 3 is 2.53 bits per heavy atom. The van der Waals surface area contributed by atoms with Crippen molar-refractivity contribution in [2.75, 3.05) is 7.05 Å². The first-order valence-corrected chi connectivity index (χ1v) is 11.8. The Labute approximate surface area is 198 Å². The number of hydrogen-bond acceptors (Lipinski definition) is 5. The third-order valence-corrected chi connectivity index (χ3v) is 6.56. The molecule has 0 saturated carbocycles. The summed E-state index contributed by atoms with van der Waals surface area (Å²) in [6.07, 6.45) is 2.07. The fraction of sp³-hybridized carbons (Fsp3) is 0.292. The molecule has 0 N–H and O–H groups in total. The maximum atomic E-state index is 6.31. The van der Waals surface area contributed by atoms with Gasteiger partial charge in [-0.25, -0.2) is 0 Å². The topological polar surface area (TPSA) is 51.8 Å². The maximum Gasteiger partial charge on any atom is 0.196 e. The Morgan fingerprint density at radius 2 is 1.81 bits per heavy atom. The zero-order valence-electron chi connectivity index (χ0n) is 18.8. The van der Waals surface area contributed by atoms with Crippen LogP contribution in [0.3, 0.4) is 0 Å². The molecule has 0 unspecified atom stereocenters. The summed E-state index contributed by atoms with van der Waals surface area (Å²) in [6, 6.07) is 16.3. The number of aryl methyl sites for hydroxylation is 3. The summed E-state index contributed by atoms with van der Waals surface area (Å²) < 4.78 is 3.97. The second-order valence-electron chi connectivity index (χ2n) is 8.01. The minimum atomic E-state index is 0.652. The van der Waals surface area contributed by atoms with Crippen LogP contribution in [0.1, 0.15) is 28.2 Å². The first-order valence-electron chi connectivity index (χ1n) is 10.5. The van der Waals surface area contributed by atoms with Gasteiger partial charge in [-0.15, -0.1) is 10.2 Å². The van der Waals surface area contributed by atoms with Gasteiger partial charge in [-0.1, -0.05) is 53.7 Å². The average Bonchev–Trinajstić information content (AvgIpc) is 3.29. The molecule has 0 aliphatic rings. The predicted molar refractivity (Wildman–Crippen MR) is 130 cm³/mol. The average molecular weight is 467 g/mol. The van der Waals surface area contributed by atoms with Crippen LogP contribution in [0.4, 0.5) is 0 Å². The van der Waals surface area contributed by atoms with Gasteiger partial charge < -0.3 is 0 Å². The van der Waals surface area contributed by atoms with Crippen LogP contribution in [0.15, 0.2) is 59.9 Å². The summed E-state index contributed by atoms with van der Waals surface area (Å²) in [5.74, 6) is 1.71. The minimum Gasteiger partial charge on any atom is -0.295 e. The molecule has 0 aliphatic carbocycles. The summed E-state index contributed by atoms with van der Waals surface area (Å²) in [5, 5.41) is 15.1. The molecule has 0 bridgehead atoms. The van der Waals surface area contributed by atoms with Gasteiger partial charge in [-0.05, 0) is 50.2 Å². The van der Waals surface area contributed by atoms with Crippen LogP contribution in [0, 0.1) is 13.8 Å². The molecule has 0 atom stereocenters. The van der Waals surface area contributed by atoms with Crippen LogP contribution in [0.5, 0.6) is 0 Å². The van der Waals surface area contributed by atoms with E-state index in [0.29, 0.717) is 11.6 Å². The van der Waals surface area contributed by atoms with Crippen LogP contribution in [0.2, 0.25) is 5.02 Å². The number of benzene rings is 2. The van der Waals surface area contributed by atoms with E-state index in [9.17, 15) is 0 Å².